The molecule has 0 N–H and O–H groups in total. The normalized spacial score (nSPS) is 11.7. The van der Waals surface area contributed by atoms with Gasteiger partial charge in [-0.15, -0.1) is 0 Å². The molecule has 0 saturated heterocycles. The summed E-state index contributed by atoms with van der Waals surface area (Å²) in [6.45, 7) is 3.83. The number of carbonyl (C=O) groups excluding carboxylic acids is 1. The van der Waals surface area contributed by atoms with Crippen molar-refractivity contribution in [3.8, 4) is 22.9 Å². The standard InChI is InChI=1S/C20H19ClN2O5/c1-3-25-17-10-5-4-9-16(17)19-22-18(28-23-19)12-26-20(24)13(2)27-15-8-6-7-14(21)11-15/h4-11,13H,3,12H2,1-2H3. The van der Waals surface area contributed by atoms with Crippen molar-refractivity contribution in [1.29, 1.82) is 0 Å². The summed E-state index contributed by atoms with van der Waals surface area (Å²) < 4.78 is 21.4. The highest BCUT2D eigenvalue weighted by Crippen LogP contribution is 2.27. The molecule has 0 fully saturated rings. The van der Waals surface area contributed by atoms with Crippen LogP contribution in [-0.4, -0.2) is 28.8 Å². The first kappa shape index (κ1) is 19.7. The van der Waals surface area contributed by atoms with Crippen molar-refractivity contribution in [3.63, 3.8) is 0 Å². The zero-order valence-corrected chi connectivity index (χ0v) is 16.2. The number of nitrogens with zero attached hydrogens (tertiary/aromatic N) is 2. The first-order valence-electron chi connectivity index (χ1n) is 8.70. The summed E-state index contributed by atoms with van der Waals surface area (Å²) in [6.07, 6.45) is -0.820. The molecule has 0 aliphatic rings. The van der Waals surface area contributed by atoms with E-state index in [4.69, 9.17) is 30.3 Å². The van der Waals surface area contributed by atoms with E-state index in [1.165, 1.54) is 0 Å². The zero-order chi connectivity index (χ0) is 19.9. The van der Waals surface area contributed by atoms with E-state index in [-0.39, 0.29) is 12.5 Å². The van der Waals surface area contributed by atoms with Crippen LogP contribution in [0.4, 0.5) is 0 Å². The van der Waals surface area contributed by atoms with Gasteiger partial charge < -0.3 is 18.7 Å². The first-order valence-corrected chi connectivity index (χ1v) is 9.08. The molecule has 0 aliphatic carbocycles. The second kappa shape index (κ2) is 9.23. The Labute approximate surface area is 167 Å². The van der Waals surface area contributed by atoms with Gasteiger partial charge in [-0.05, 0) is 44.2 Å². The topological polar surface area (TPSA) is 83.7 Å². The summed E-state index contributed by atoms with van der Waals surface area (Å²) >= 11 is 5.90. The van der Waals surface area contributed by atoms with Crippen LogP contribution in [0, 0.1) is 0 Å². The Morgan fingerprint density at radius 1 is 1.21 bits per heavy atom. The number of hydrogen-bond donors (Lipinski definition) is 0. The molecule has 28 heavy (non-hydrogen) atoms. The quantitative estimate of drug-likeness (QED) is 0.519. The van der Waals surface area contributed by atoms with Crippen molar-refractivity contribution in [3.05, 3.63) is 59.4 Å². The van der Waals surface area contributed by atoms with E-state index in [0.717, 1.165) is 0 Å². The Kier molecular flexibility index (Phi) is 6.49. The molecule has 0 spiro atoms. The molecule has 8 heteroatoms. The van der Waals surface area contributed by atoms with Gasteiger partial charge in [0.05, 0.1) is 12.2 Å². The fraction of sp³-hybridized carbons (Fsp3) is 0.250. The van der Waals surface area contributed by atoms with E-state index >= 15 is 0 Å². The third-order valence-electron chi connectivity index (χ3n) is 3.67. The second-order valence-electron chi connectivity index (χ2n) is 5.77. The van der Waals surface area contributed by atoms with Gasteiger partial charge in [0, 0.05) is 5.02 Å². The molecule has 0 saturated carbocycles. The summed E-state index contributed by atoms with van der Waals surface area (Å²) in [4.78, 5) is 16.4. The van der Waals surface area contributed by atoms with E-state index in [1.54, 1.807) is 31.2 Å². The van der Waals surface area contributed by atoms with Crippen molar-refractivity contribution in [2.45, 2.75) is 26.6 Å². The lowest BCUT2D eigenvalue weighted by Crippen LogP contribution is -2.26. The van der Waals surface area contributed by atoms with E-state index in [2.05, 4.69) is 10.1 Å². The number of esters is 1. The summed E-state index contributed by atoms with van der Waals surface area (Å²) in [5.74, 6) is 1.10. The monoisotopic (exact) mass is 402 g/mol. The molecule has 1 heterocycles. The van der Waals surface area contributed by atoms with Crippen LogP contribution in [0.25, 0.3) is 11.4 Å². The lowest BCUT2D eigenvalue weighted by atomic mass is 10.2. The number of benzene rings is 2. The maximum absolute atomic E-state index is 12.1. The minimum Gasteiger partial charge on any atom is -0.493 e. The molecule has 0 bridgehead atoms. The van der Waals surface area contributed by atoms with Gasteiger partial charge in [0.2, 0.25) is 5.82 Å². The number of ether oxygens (including phenoxy) is 3. The van der Waals surface area contributed by atoms with Crippen LogP contribution in [0.1, 0.15) is 19.7 Å². The van der Waals surface area contributed by atoms with Crippen LogP contribution in [0.15, 0.2) is 53.1 Å². The van der Waals surface area contributed by atoms with Crippen LogP contribution in [-0.2, 0) is 16.1 Å². The Morgan fingerprint density at radius 2 is 2.04 bits per heavy atom. The molecule has 0 aliphatic heterocycles. The lowest BCUT2D eigenvalue weighted by Gasteiger charge is -2.13. The number of rotatable bonds is 8. The van der Waals surface area contributed by atoms with Crippen LogP contribution in [0.5, 0.6) is 11.5 Å². The van der Waals surface area contributed by atoms with Crippen molar-refractivity contribution >= 4 is 17.6 Å². The molecule has 1 aromatic heterocycles. The van der Waals surface area contributed by atoms with Gasteiger partial charge in [-0.3, -0.25) is 0 Å². The predicted octanol–water partition coefficient (Wildman–Crippen LogP) is 4.30. The smallest absolute Gasteiger partial charge is 0.347 e. The van der Waals surface area contributed by atoms with Gasteiger partial charge in [0.1, 0.15) is 11.5 Å². The number of carbonyl (C=O) groups is 1. The maximum Gasteiger partial charge on any atom is 0.347 e. The average Bonchev–Trinajstić information content (AvgIpc) is 3.15. The number of hydrogen-bond acceptors (Lipinski definition) is 7. The molecular weight excluding hydrogens is 384 g/mol. The Hall–Kier alpha value is -3.06. The molecule has 1 atom stereocenters. The fourth-order valence-corrected chi connectivity index (χ4v) is 2.58. The van der Waals surface area contributed by atoms with E-state index in [0.29, 0.717) is 34.5 Å². The fourth-order valence-electron chi connectivity index (χ4n) is 2.40. The summed E-state index contributed by atoms with van der Waals surface area (Å²) in [5, 5.41) is 4.44. The summed E-state index contributed by atoms with van der Waals surface area (Å²) in [5.41, 5.74) is 0.698. The van der Waals surface area contributed by atoms with Crippen molar-refractivity contribution in [2.75, 3.05) is 6.61 Å². The van der Waals surface area contributed by atoms with Gasteiger partial charge in [-0.2, -0.15) is 4.98 Å². The predicted molar refractivity (Wildman–Crippen MR) is 102 cm³/mol. The summed E-state index contributed by atoms with van der Waals surface area (Å²) in [6, 6.07) is 14.1. The molecule has 1 unspecified atom stereocenters. The highest BCUT2D eigenvalue weighted by Gasteiger charge is 2.19. The largest absolute Gasteiger partial charge is 0.493 e. The maximum atomic E-state index is 12.1. The number of para-hydroxylation sites is 1. The highest BCUT2D eigenvalue weighted by molar-refractivity contribution is 6.30. The van der Waals surface area contributed by atoms with Gasteiger partial charge in [-0.1, -0.05) is 35.0 Å². The van der Waals surface area contributed by atoms with Crippen LogP contribution < -0.4 is 9.47 Å². The second-order valence-corrected chi connectivity index (χ2v) is 6.20. The third-order valence-corrected chi connectivity index (χ3v) is 3.91. The zero-order valence-electron chi connectivity index (χ0n) is 15.4. The Bertz CT molecular complexity index is 944. The SMILES string of the molecule is CCOc1ccccc1-c1noc(COC(=O)C(C)Oc2cccc(Cl)c2)n1. The van der Waals surface area contributed by atoms with E-state index < -0.39 is 12.1 Å². The molecule has 3 rings (SSSR count). The molecule has 146 valence electrons. The molecule has 2 aromatic carbocycles. The Morgan fingerprint density at radius 3 is 2.82 bits per heavy atom. The molecule has 7 nitrogen and oxygen atoms in total. The number of aromatic nitrogens is 2. The average molecular weight is 403 g/mol. The molecule has 3 aromatic rings. The lowest BCUT2D eigenvalue weighted by molar-refractivity contribution is -0.153. The van der Waals surface area contributed by atoms with Crippen molar-refractivity contribution in [1.82, 2.24) is 10.1 Å². The van der Waals surface area contributed by atoms with Crippen LogP contribution >= 0.6 is 11.6 Å². The van der Waals surface area contributed by atoms with Crippen LogP contribution in [0.2, 0.25) is 5.02 Å². The number of halogens is 1. The Balaban J connectivity index is 1.59. The van der Waals surface area contributed by atoms with Crippen molar-refractivity contribution in [2.24, 2.45) is 0 Å². The van der Waals surface area contributed by atoms with Gasteiger partial charge >= 0.3 is 5.97 Å². The van der Waals surface area contributed by atoms with Gasteiger partial charge in [0.25, 0.3) is 5.89 Å². The summed E-state index contributed by atoms with van der Waals surface area (Å²) in [7, 11) is 0. The first-order chi connectivity index (χ1) is 13.6. The molecular formula is C20H19ClN2O5. The molecule has 0 amide bonds. The van der Waals surface area contributed by atoms with E-state index in [1.807, 2.05) is 31.2 Å². The van der Waals surface area contributed by atoms with Gasteiger partial charge in [-0.25, -0.2) is 4.79 Å². The molecule has 0 radical (unpaired) electrons. The minimum atomic E-state index is -0.820. The van der Waals surface area contributed by atoms with Gasteiger partial charge in [0.15, 0.2) is 12.7 Å². The van der Waals surface area contributed by atoms with E-state index in [9.17, 15) is 4.79 Å². The highest BCUT2D eigenvalue weighted by atomic mass is 35.5. The third kappa shape index (κ3) is 5.01. The van der Waals surface area contributed by atoms with Crippen LogP contribution in [0.3, 0.4) is 0 Å². The minimum absolute atomic E-state index is 0.161. The van der Waals surface area contributed by atoms with Crippen molar-refractivity contribution < 1.29 is 23.5 Å².